The molecule has 0 aromatic carbocycles. The lowest BCUT2D eigenvalue weighted by molar-refractivity contribution is -0.141. The average Bonchev–Trinajstić information content (AvgIpc) is 2.94. The third-order valence-electron chi connectivity index (χ3n) is 10.7. The fraction of sp³-hybridized carbons (Fsp3) is 0.703. The zero-order valence-corrected chi connectivity index (χ0v) is 28.5. The Bertz CT molecular complexity index is 1200. The number of methoxy groups -OCH3 is 2. The van der Waals surface area contributed by atoms with Gasteiger partial charge in [-0.2, -0.15) is 0 Å². The van der Waals surface area contributed by atoms with Gasteiger partial charge in [-0.15, -0.1) is 0 Å². The van der Waals surface area contributed by atoms with Gasteiger partial charge in [0.2, 0.25) is 0 Å². The van der Waals surface area contributed by atoms with E-state index in [1.807, 2.05) is 27.7 Å². The van der Waals surface area contributed by atoms with E-state index in [4.69, 9.17) is 14.2 Å². The summed E-state index contributed by atoms with van der Waals surface area (Å²) in [6.45, 7) is 20.8. The van der Waals surface area contributed by atoms with E-state index < -0.39 is 23.4 Å². The molecule has 6 atom stereocenters. The minimum absolute atomic E-state index is 0.0573. The lowest BCUT2D eigenvalue weighted by atomic mass is 9.48. The molecule has 0 spiro atoms. The number of hydrogen-bond acceptors (Lipinski definition) is 6. The lowest BCUT2D eigenvalue weighted by Gasteiger charge is -2.56. The van der Waals surface area contributed by atoms with E-state index in [0.717, 1.165) is 43.3 Å². The van der Waals surface area contributed by atoms with Gasteiger partial charge in [-0.25, -0.2) is 0 Å². The highest BCUT2D eigenvalue weighted by Crippen LogP contribution is 2.61. The molecule has 0 radical (unpaired) electrons. The number of rotatable bonds is 14. The van der Waals surface area contributed by atoms with Gasteiger partial charge in [-0.3, -0.25) is 14.4 Å². The van der Waals surface area contributed by atoms with E-state index in [1.54, 1.807) is 7.11 Å². The molecule has 1 saturated heterocycles. The van der Waals surface area contributed by atoms with Crippen LogP contribution in [0, 0.1) is 34.5 Å². The van der Waals surface area contributed by atoms with Crippen LogP contribution < -0.4 is 0 Å². The average molecular weight is 597 g/mol. The van der Waals surface area contributed by atoms with Crippen molar-refractivity contribution in [1.82, 2.24) is 0 Å². The van der Waals surface area contributed by atoms with E-state index in [0.29, 0.717) is 47.8 Å². The summed E-state index contributed by atoms with van der Waals surface area (Å²) in [7, 11) is 2.95. The van der Waals surface area contributed by atoms with Crippen molar-refractivity contribution in [2.24, 2.45) is 34.5 Å². The predicted molar refractivity (Wildman–Crippen MR) is 171 cm³/mol. The molecule has 0 amide bonds. The highest BCUT2D eigenvalue weighted by Gasteiger charge is 2.59. The molecular weight excluding hydrogens is 540 g/mol. The topological polar surface area (TPSA) is 78.9 Å². The smallest absolute Gasteiger partial charge is 0.306 e. The van der Waals surface area contributed by atoms with Crippen molar-refractivity contribution in [3.63, 3.8) is 0 Å². The van der Waals surface area contributed by atoms with Gasteiger partial charge in [0.1, 0.15) is 17.6 Å². The van der Waals surface area contributed by atoms with Gasteiger partial charge < -0.3 is 14.2 Å². The number of esters is 1. The second-order valence-electron chi connectivity index (χ2n) is 14.2. The van der Waals surface area contributed by atoms with Crippen molar-refractivity contribution in [1.29, 1.82) is 0 Å². The number of allylic oxidation sites excluding steroid dienone is 6. The Morgan fingerprint density at radius 3 is 2.33 bits per heavy atom. The summed E-state index contributed by atoms with van der Waals surface area (Å²) in [5.41, 5.74) is 1.97. The van der Waals surface area contributed by atoms with Crippen LogP contribution in [0.4, 0.5) is 0 Å². The minimum Gasteiger partial charge on any atom is -0.499 e. The van der Waals surface area contributed by atoms with Crippen LogP contribution in [-0.2, 0) is 28.6 Å². The number of ether oxygens (including phenoxy) is 3. The summed E-state index contributed by atoms with van der Waals surface area (Å²) in [5.74, 6) is 0.0172. The summed E-state index contributed by atoms with van der Waals surface area (Å²) in [5, 5.41) is 0. The van der Waals surface area contributed by atoms with Crippen LogP contribution in [0.5, 0.6) is 0 Å². The van der Waals surface area contributed by atoms with E-state index in [1.165, 1.54) is 7.11 Å². The highest BCUT2D eigenvalue weighted by molar-refractivity contribution is 6.12. The molecule has 3 aliphatic rings. The molecular formula is C37H56O6. The van der Waals surface area contributed by atoms with Gasteiger partial charge in [-0.05, 0) is 70.6 Å². The Labute approximate surface area is 260 Å². The number of fused-ring (bicyclic) bond motifs is 1. The molecule has 1 aliphatic heterocycles. The molecule has 2 aliphatic carbocycles. The zero-order valence-electron chi connectivity index (χ0n) is 28.5. The Morgan fingerprint density at radius 1 is 1.12 bits per heavy atom. The number of ketones is 2. The molecule has 0 aromatic rings. The SMILES string of the molecule is C=C(C)[C@H]1C[C@H](C[C@]2(CC=C(C)C)C(=O)C([C@H](CCCCCC)CC(=O)OC)=C3O[C@H](C)[C@@H](C)C(=O)C3=C2OC)C1(C)C. The minimum atomic E-state index is -1.08. The van der Waals surface area contributed by atoms with E-state index in [-0.39, 0.29) is 35.3 Å². The molecule has 1 saturated carbocycles. The predicted octanol–water partition coefficient (Wildman–Crippen LogP) is 8.47. The van der Waals surface area contributed by atoms with Crippen molar-refractivity contribution < 1.29 is 28.6 Å². The molecule has 2 fully saturated rings. The summed E-state index contributed by atoms with van der Waals surface area (Å²) in [6.07, 6.45) is 8.34. The van der Waals surface area contributed by atoms with E-state index in [9.17, 15) is 9.59 Å². The van der Waals surface area contributed by atoms with Gasteiger partial charge in [0.05, 0.1) is 37.5 Å². The molecule has 6 nitrogen and oxygen atoms in total. The van der Waals surface area contributed by atoms with Crippen molar-refractivity contribution in [3.8, 4) is 0 Å². The molecule has 0 unspecified atom stereocenters. The molecule has 43 heavy (non-hydrogen) atoms. The highest BCUT2D eigenvalue weighted by atomic mass is 16.5. The van der Waals surface area contributed by atoms with E-state index in [2.05, 4.69) is 40.3 Å². The van der Waals surface area contributed by atoms with Crippen molar-refractivity contribution in [2.75, 3.05) is 14.2 Å². The Morgan fingerprint density at radius 2 is 1.79 bits per heavy atom. The summed E-state index contributed by atoms with van der Waals surface area (Å²) in [6, 6.07) is 0. The first kappa shape index (κ1) is 34.9. The van der Waals surface area contributed by atoms with Gasteiger partial charge in [0, 0.05) is 11.5 Å². The summed E-state index contributed by atoms with van der Waals surface area (Å²) >= 11 is 0. The normalized spacial score (nSPS) is 28.9. The van der Waals surface area contributed by atoms with Crippen molar-refractivity contribution >= 4 is 17.5 Å². The first-order valence-corrected chi connectivity index (χ1v) is 16.3. The first-order valence-electron chi connectivity index (χ1n) is 16.3. The largest absolute Gasteiger partial charge is 0.499 e. The van der Waals surface area contributed by atoms with Gasteiger partial charge in [0.25, 0.3) is 0 Å². The van der Waals surface area contributed by atoms with Crippen LogP contribution in [0.3, 0.4) is 0 Å². The van der Waals surface area contributed by atoms with Crippen LogP contribution in [-0.4, -0.2) is 37.9 Å². The van der Waals surface area contributed by atoms with Crippen LogP contribution in [0.1, 0.15) is 113 Å². The fourth-order valence-corrected chi connectivity index (χ4v) is 7.59. The fourth-order valence-electron chi connectivity index (χ4n) is 7.59. The molecule has 0 N–H and O–H groups in total. The molecule has 3 rings (SSSR count). The number of carbonyl (C=O) groups is 3. The lowest BCUT2D eigenvalue weighted by Crippen LogP contribution is -2.52. The third kappa shape index (κ3) is 6.73. The van der Waals surface area contributed by atoms with Gasteiger partial charge in [0.15, 0.2) is 11.6 Å². The zero-order chi connectivity index (χ0) is 32.3. The number of hydrogen-bond donors (Lipinski definition) is 0. The van der Waals surface area contributed by atoms with Crippen LogP contribution in [0.2, 0.25) is 0 Å². The van der Waals surface area contributed by atoms with Gasteiger partial charge in [-0.1, -0.05) is 77.2 Å². The monoisotopic (exact) mass is 596 g/mol. The second kappa shape index (κ2) is 14.0. The Kier molecular flexibility index (Phi) is 11.3. The quantitative estimate of drug-likeness (QED) is 0.114. The van der Waals surface area contributed by atoms with Crippen molar-refractivity contribution in [3.05, 3.63) is 46.5 Å². The standard InChI is InChI=1S/C37H56O6/c1-12-13-14-15-16-26(19-29(38)41-10)30-33-31(32(39)24(6)25(7)43-33)35(42-11)37(34(30)40,18-17-22(2)3)21-27-20-28(23(4)5)36(27,8)9/h17,24-28H,4,12-16,18-21H2,1-3,5-11H3/t24-,25-,26-,27-,28-,37-/m1/s1. The van der Waals surface area contributed by atoms with Crippen LogP contribution >= 0.6 is 0 Å². The van der Waals surface area contributed by atoms with Gasteiger partial charge >= 0.3 is 5.97 Å². The summed E-state index contributed by atoms with van der Waals surface area (Å²) < 4.78 is 17.8. The third-order valence-corrected chi connectivity index (χ3v) is 10.7. The Hall–Kier alpha value is -2.63. The maximum Gasteiger partial charge on any atom is 0.306 e. The van der Waals surface area contributed by atoms with Crippen molar-refractivity contribution in [2.45, 2.75) is 119 Å². The van der Waals surface area contributed by atoms with E-state index >= 15 is 4.79 Å². The maximum absolute atomic E-state index is 15.3. The van der Waals surface area contributed by atoms with Crippen LogP contribution in [0.15, 0.2) is 46.5 Å². The number of unbranched alkanes of at least 4 members (excludes halogenated alkanes) is 3. The number of carbonyl (C=O) groups excluding carboxylic acids is 3. The second-order valence-corrected chi connectivity index (χ2v) is 14.2. The van der Waals surface area contributed by atoms with Crippen LogP contribution in [0.25, 0.3) is 0 Å². The molecule has 6 heteroatoms. The summed E-state index contributed by atoms with van der Waals surface area (Å²) in [4.78, 5) is 42.3. The molecule has 1 heterocycles. The Balaban J connectivity index is 2.30. The molecule has 0 bridgehead atoms. The molecule has 0 aromatic heterocycles. The number of Topliss-reactive ketones (excluding diaryl/α,β-unsaturated/α-hetero) is 2. The first-order chi connectivity index (χ1) is 20.2. The maximum atomic E-state index is 15.3. The molecule has 240 valence electrons.